The summed E-state index contributed by atoms with van der Waals surface area (Å²) in [5.74, 6) is 1.75. The fourth-order valence-electron chi connectivity index (χ4n) is 2.47. The fraction of sp³-hybridized carbons (Fsp3) is 0.167. The second-order valence-corrected chi connectivity index (χ2v) is 5.33. The first kappa shape index (κ1) is 16.5. The van der Waals surface area contributed by atoms with Crippen molar-refractivity contribution in [2.45, 2.75) is 6.42 Å². The summed E-state index contributed by atoms with van der Waals surface area (Å²) in [4.78, 5) is 16.4. The molecule has 128 valence electrons. The van der Waals surface area contributed by atoms with E-state index < -0.39 is 0 Å². The van der Waals surface area contributed by atoms with Gasteiger partial charge in [-0.1, -0.05) is 18.2 Å². The van der Waals surface area contributed by atoms with Crippen LogP contribution in [0.4, 0.5) is 5.69 Å². The Balaban J connectivity index is 1.70. The van der Waals surface area contributed by atoms with Crippen LogP contribution in [0.25, 0.3) is 11.4 Å². The summed E-state index contributed by atoms with van der Waals surface area (Å²) >= 11 is 0. The van der Waals surface area contributed by atoms with Crippen LogP contribution in [0, 0.1) is 0 Å². The molecule has 1 amide bonds. The van der Waals surface area contributed by atoms with E-state index in [0.29, 0.717) is 23.0 Å². The van der Waals surface area contributed by atoms with Crippen molar-refractivity contribution in [2.24, 2.45) is 0 Å². The lowest BCUT2D eigenvalue weighted by molar-refractivity contribution is -0.115. The molecule has 2 aromatic carbocycles. The van der Waals surface area contributed by atoms with Gasteiger partial charge in [0.05, 0.1) is 20.6 Å². The largest absolute Gasteiger partial charge is 0.493 e. The summed E-state index contributed by atoms with van der Waals surface area (Å²) in [6.45, 7) is 0. The molecular weight excluding hydrogens is 320 g/mol. The molecule has 7 nitrogen and oxygen atoms in total. The molecule has 25 heavy (non-hydrogen) atoms. The first-order valence-corrected chi connectivity index (χ1v) is 7.66. The Hall–Kier alpha value is -3.35. The second kappa shape index (κ2) is 7.48. The molecule has 0 aliphatic rings. The Labute approximate surface area is 145 Å². The van der Waals surface area contributed by atoms with Crippen LogP contribution >= 0.6 is 0 Å². The third-order valence-electron chi connectivity index (χ3n) is 3.65. The highest BCUT2D eigenvalue weighted by Gasteiger charge is 2.09. The Morgan fingerprint density at radius 2 is 1.96 bits per heavy atom. The predicted octanol–water partition coefficient (Wildman–Crippen LogP) is 2.67. The van der Waals surface area contributed by atoms with Gasteiger partial charge >= 0.3 is 0 Å². The van der Waals surface area contributed by atoms with E-state index in [9.17, 15) is 4.79 Å². The number of ether oxygens (including phenoxy) is 2. The van der Waals surface area contributed by atoms with Crippen molar-refractivity contribution in [1.82, 2.24) is 15.2 Å². The van der Waals surface area contributed by atoms with Gasteiger partial charge in [-0.25, -0.2) is 4.98 Å². The Morgan fingerprint density at radius 3 is 2.68 bits per heavy atom. The summed E-state index contributed by atoms with van der Waals surface area (Å²) in [7, 11) is 3.14. The standard InChI is InChI=1S/C18H18N4O3/c1-24-15-7-6-12(8-16(15)25-2)9-17(23)21-14-5-3-4-13(10-14)18-19-11-20-22-18/h3-8,10-11H,9H2,1-2H3,(H,21,23)(H,19,20,22). The topological polar surface area (TPSA) is 89.1 Å². The zero-order valence-electron chi connectivity index (χ0n) is 13.9. The summed E-state index contributed by atoms with van der Waals surface area (Å²) in [5, 5.41) is 9.51. The van der Waals surface area contributed by atoms with Crippen molar-refractivity contribution >= 4 is 11.6 Å². The number of aromatic nitrogens is 3. The number of carbonyl (C=O) groups is 1. The SMILES string of the molecule is COc1ccc(CC(=O)Nc2cccc(-c3ncn[nH]3)c2)cc1OC. The first-order chi connectivity index (χ1) is 12.2. The molecule has 1 aromatic heterocycles. The summed E-state index contributed by atoms with van der Waals surface area (Å²) in [6, 6.07) is 12.8. The highest BCUT2D eigenvalue weighted by atomic mass is 16.5. The van der Waals surface area contributed by atoms with Crippen molar-refractivity contribution in [3.63, 3.8) is 0 Å². The van der Waals surface area contributed by atoms with E-state index in [2.05, 4.69) is 20.5 Å². The van der Waals surface area contributed by atoms with Crippen LogP contribution in [-0.4, -0.2) is 35.3 Å². The van der Waals surface area contributed by atoms with Gasteiger partial charge in [0.2, 0.25) is 5.91 Å². The number of H-pyrrole nitrogens is 1. The predicted molar refractivity (Wildman–Crippen MR) is 93.7 cm³/mol. The number of nitrogens with zero attached hydrogens (tertiary/aromatic N) is 2. The monoisotopic (exact) mass is 338 g/mol. The van der Waals surface area contributed by atoms with E-state index in [1.807, 2.05) is 30.3 Å². The number of hydrogen-bond acceptors (Lipinski definition) is 5. The molecule has 0 bridgehead atoms. The first-order valence-electron chi connectivity index (χ1n) is 7.66. The molecule has 7 heteroatoms. The van der Waals surface area contributed by atoms with Crippen LogP contribution in [0.2, 0.25) is 0 Å². The Kier molecular flexibility index (Phi) is 4.94. The van der Waals surface area contributed by atoms with E-state index in [-0.39, 0.29) is 12.3 Å². The van der Waals surface area contributed by atoms with Crippen molar-refractivity contribution < 1.29 is 14.3 Å². The van der Waals surface area contributed by atoms with Crippen molar-refractivity contribution in [1.29, 1.82) is 0 Å². The van der Waals surface area contributed by atoms with E-state index >= 15 is 0 Å². The minimum absolute atomic E-state index is 0.123. The van der Waals surface area contributed by atoms with Gasteiger partial charge in [-0.3, -0.25) is 9.89 Å². The van der Waals surface area contributed by atoms with Crippen LogP contribution in [0.5, 0.6) is 11.5 Å². The maximum absolute atomic E-state index is 12.3. The lowest BCUT2D eigenvalue weighted by Gasteiger charge is -2.10. The van der Waals surface area contributed by atoms with Gasteiger partial charge in [0.15, 0.2) is 17.3 Å². The number of carbonyl (C=O) groups excluding carboxylic acids is 1. The lowest BCUT2D eigenvalue weighted by atomic mass is 10.1. The van der Waals surface area contributed by atoms with Gasteiger partial charge in [0, 0.05) is 11.3 Å². The van der Waals surface area contributed by atoms with Gasteiger partial charge in [-0.15, -0.1) is 0 Å². The zero-order valence-corrected chi connectivity index (χ0v) is 13.9. The lowest BCUT2D eigenvalue weighted by Crippen LogP contribution is -2.14. The smallest absolute Gasteiger partial charge is 0.228 e. The fourth-order valence-corrected chi connectivity index (χ4v) is 2.47. The molecule has 0 saturated heterocycles. The van der Waals surface area contributed by atoms with E-state index in [4.69, 9.17) is 9.47 Å². The number of nitrogens with one attached hydrogen (secondary N) is 2. The van der Waals surface area contributed by atoms with E-state index in [1.165, 1.54) is 6.33 Å². The van der Waals surface area contributed by atoms with Gasteiger partial charge in [0.25, 0.3) is 0 Å². The molecule has 0 spiro atoms. The van der Waals surface area contributed by atoms with Crippen LogP contribution in [0.3, 0.4) is 0 Å². The molecule has 0 radical (unpaired) electrons. The highest BCUT2D eigenvalue weighted by Crippen LogP contribution is 2.28. The average Bonchev–Trinajstić information content (AvgIpc) is 3.16. The van der Waals surface area contributed by atoms with Crippen LogP contribution in [0.15, 0.2) is 48.8 Å². The molecule has 0 atom stereocenters. The highest BCUT2D eigenvalue weighted by molar-refractivity contribution is 5.92. The maximum atomic E-state index is 12.3. The molecule has 0 fully saturated rings. The molecule has 2 N–H and O–H groups in total. The summed E-state index contributed by atoms with van der Waals surface area (Å²) in [5.41, 5.74) is 2.38. The molecule has 3 rings (SSSR count). The number of rotatable bonds is 6. The number of aromatic amines is 1. The number of benzene rings is 2. The van der Waals surface area contributed by atoms with E-state index in [0.717, 1.165) is 11.1 Å². The van der Waals surface area contributed by atoms with Crippen molar-refractivity contribution in [3.05, 3.63) is 54.4 Å². The molecular formula is C18H18N4O3. The summed E-state index contributed by atoms with van der Waals surface area (Å²) < 4.78 is 10.5. The third kappa shape index (κ3) is 3.95. The van der Waals surface area contributed by atoms with Crippen LogP contribution < -0.4 is 14.8 Å². The summed E-state index contributed by atoms with van der Waals surface area (Å²) in [6.07, 6.45) is 1.67. The second-order valence-electron chi connectivity index (χ2n) is 5.33. The number of hydrogen-bond donors (Lipinski definition) is 2. The van der Waals surface area contributed by atoms with Crippen molar-refractivity contribution in [3.8, 4) is 22.9 Å². The minimum atomic E-state index is -0.123. The minimum Gasteiger partial charge on any atom is -0.493 e. The maximum Gasteiger partial charge on any atom is 0.228 e. The molecule has 1 heterocycles. The number of amides is 1. The number of methoxy groups -OCH3 is 2. The molecule has 0 unspecified atom stereocenters. The van der Waals surface area contributed by atoms with Crippen LogP contribution in [-0.2, 0) is 11.2 Å². The molecule has 0 aliphatic carbocycles. The quantitative estimate of drug-likeness (QED) is 0.721. The van der Waals surface area contributed by atoms with Gasteiger partial charge < -0.3 is 14.8 Å². The van der Waals surface area contributed by atoms with Gasteiger partial charge in [-0.2, -0.15) is 5.10 Å². The third-order valence-corrected chi connectivity index (χ3v) is 3.65. The van der Waals surface area contributed by atoms with Crippen LogP contribution in [0.1, 0.15) is 5.56 Å². The zero-order chi connectivity index (χ0) is 17.6. The normalized spacial score (nSPS) is 10.3. The molecule has 0 aliphatic heterocycles. The number of anilines is 1. The average molecular weight is 338 g/mol. The van der Waals surface area contributed by atoms with Gasteiger partial charge in [-0.05, 0) is 29.8 Å². The van der Waals surface area contributed by atoms with Crippen molar-refractivity contribution in [2.75, 3.05) is 19.5 Å². The Morgan fingerprint density at radius 1 is 1.12 bits per heavy atom. The molecule has 3 aromatic rings. The Bertz CT molecular complexity index is 863. The van der Waals surface area contributed by atoms with Gasteiger partial charge in [0.1, 0.15) is 6.33 Å². The molecule has 0 saturated carbocycles. The van der Waals surface area contributed by atoms with E-state index in [1.54, 1.807) is 26.4 Å².